The Morgan fingerprint density at radius 1 is 1.12 bits per heavy atom. The number of anilines is 2. The average molecular weight is 348 g/mol. The highest BCUT2D eigenvalue weighted by molar-refractivity contribution is 5.94. The van der Waals surface area contributed by atoms with Crippen molar-refractivity contribution in [3.8, 4) is 5.75 Å². The molecule has 25 heavy (non-hydrogen) atoms. The zero-order valence-electron chi connectivity index (χ0n) is 13.9. The molecule has 5 nitrogen and oxygen atoms in total. The van der Waals surface area contributed by atoms with E-state index in [1.165, 1.54) is 25.0 Å². The molecule has 0 aliphatic rings. The van der Waals surface area contributed by atoms with Crippen LogP contribution < -0.4 is 15.0 Å². The Morgan fingerprint density at radius 2 is 1.88 bits per heavy atom. The molecule has 2 aromatic rings. The Kier molecular flexibility index (Phi) is 6.05. The molecule has 0 aliphatic heterocycles. The summed E-state index contributed by atoms with van der Waals surface area (Å²) < 4.78 is 31.2. The molecule has 1 N–H and O–H groups in total. The lowest BCUT2D eigenvalue weighted by Crippen LogP contribution is -2.31. The summed E-state index contributed by atoms with van der Waals surface area (Å²) >= 11 is 0. The first-order chi connectivity index (χ1) is 11.9. The summed E-state index contributed by atoms with van der Waals surface area (Å²) in [5.74, 6) is -2.08. The van der Waals surface area contributed by atoms with Gasteiger partial charge < -0.3 is 15.0 Å². The Bertz CT molecular complexity index is 781. The van der Waals surface area contributed by atoms with E-state index in [1.54, 1.807) is 24.3 Å². The van der Waals surface area contributed by atoms with Gasteiger partial charge in [0.1, 0.15) is 5.75 Å². The first-order valence-corrected chi connectivity index (χ1v) is 7.57. The van der Waals surface area contributed by atoms with Gasteiger partial charge in [0.25, 0.3) is 0 Å². The lowest BCUT2D eigenvalue weighted by atomic mass is 10.2. The molecule has 0 saturated carbocycles. The van der Waals surface area contributed by atoms with Crippen molar-refractivity contribution in [3.63, 3.8) is 0 Å². The second-order valence-corrected chi connectivity index (χ2v) is 5.30. The molecule has 0 unspecified atom stereocenters. The molecular weight excluding hydrogens is 330 g/mol. The van der Waals surface area contributed by atoms with Crippen molar-refractivity contribution in [1.29, 1.82) is 0 Å². The topological polar surface area (TPSA) is 58.6 Å². The molecule has 2 rings (SSSR count). The van der Waals surface area contributed by atoms with E-state index in [1.807, 2.05) is 0 Å². The third kappa shape index (κ3) is 5.00. The third-order valence-electron chi connectivity index (χ3n) is 3.51. The number of methoxy groups -OCH3 is 1. The van der Waals surface area contributed by atoms with Gasteiger partial charge in [0.2, 0.25) is 11.8 Å². The van der Waals surface area contributed by atoms with Gasteiger partial charge in [-0.2, -0.15) is 0 Å². The maximum absolute atomic E-state index is 13.2. The molecule has 0 bridgehead atoms. The maximum Gasteiger partial charge on any atom is 0.226 e. The standard InChI is InChI=1S/C18H18F2N2O3/c1-12(23)22(14-4-3-5-15(11-14)25-2)9-8-18(24)21-13-6-7-16(19)17(20)10-13/h3-7,10-11H,8-9H2,1-2H3,(H,21,24). The summed E-state index contributed by atoms with van der Waals surface area (Å²) in [6.07, 6.45) is -0.00418. The fourth-order valence-corrected chi connectivity index (χ4v) is 2.26. The number of halogens is 2. The largest absolute Gasteiger partial charge is 0.497 e. The number of nitrogens with one attached hydrogen (secondary N) is 1. The van der Waals surface area contributed by atoms with Crippen molar-refractivity contribution in [2.24, 2.45) is 0 Å². The average Bonchev–Trinajstić information content (AvgIpc) is 2.58. The van der Waals surface area contributed by atoms with Gasteiger partial charge in [0.15, 0.2) is 11.6 Å². The zero-order chi connectivity index (χ0) is 18.4. The molecule has 0 aromatic heterocycles. The summed E-state index contributed by atoms with van der Waals surface area (Å²) in [6.45, 7) is 1.53. The van der Waals surface area contributed by atoms with Crippen LogP contribution in [0.1, 0.15) is 13.3 Å². The summed E-state index contributed by atoms with van der Waals surface area (Å²) in [5, 5.41) is 2.47. The molecule has 0 spiro atoms. The number of nitrogens with zero attached hydrogens (tertiary/aromatic N) is 1. The van der Waals surface area contributed by atoms with E-state index >= 15 is 0 Å². The molecule has 2 amide bonds. The minimum Gasteiger partial charge on any atom is -0.497 e. The zero-order valence-corrected chi connectivity index (χ0v) is 13.9. The summed E-state index contributed by atoms with van der Waals surface area (Å²) in [6, 6.07) is 10.0. The van der Waals surface area contributed by atoms with Crippen LogP contribution >= 0.6 is 0 Å². The fourth-order valence-electron chi connectivity index (χ4n) is 2.26. The molecule has 0 aliphatic carbocycles. The highest BCUT2D eigenvalue weighted by Gasteiger charge is 2.14. The van der Waals surface area contributed by atoms with Crippen LogP contribution in [0, 0.1) is 11.6 Å². The van der Waals surface area contributed by atoms with Gasteiger partial charge in [-0.25, -0.2) is 8.78 Å². The van der Waals surface area contributed by atoms with Gasteiger partial charge >= 0.3 is 0 Å². The van der Waals surface area contributed by atoms with E-state index in [9.17, 15) is 18.4 Å². The minimum atomic E-state index is -1.04. The third-order valence-corrected chi connectivity index (χ3v) is 3.51. The lowest BCUT2D eigenvalue weighted by Gasteiger charge is -2.21. The lowest BCUT2D eigenvalue weighted by molar-refractivity contribution is -0.117. The van der Waals surface area contributed by atoms with E-state index in [0.717, 1.165) is 12.1 Å². The Morgan fingerprint density at radius 3 is 2.52 bits per heavy atom. The monoisotopic (exact) mass is 348 g/mol. The van der Waals surface area contributed by atoms with Crippen LogP contribution in [0.15, 0.2) is 42.5 Å². The number of carbonyl (C=O) groups excluding carboxylic acids is 2. The molecule has 0 radical (unpaired) electrons. The number of carbonyl (C=O) groups is 2. The van der Waals surface area contributed by atoms with Crippen LogP contribution in [0.4, 0.5) is 20.2 Å². The van der Waals surface area contributed by atoms with E-state index < -0.39 is 17.5 Å². The predicted molar refractivity (Wildman–Crippen MR) is 90.6 cm³/mol. The smallest absolute Gasteiger partial charge is 0.226 e. The minimum absolute atomic E-state index is 0.00418. The highest BCUT2D eigenvalue weighted by Crippen LogP contribution is 2.21. The molecule has 0 atom stereocenters. The van der Waals surface area contributed by atoms with Gasteiger partial charge in [0, 0.05) is 43.4 Å². The van der Waals surface area contributed by atoms with Crippen molar-refractivity contribution < 1.29 is 23.1 Å². The maximum atomic E-state index is 13.2. The van der Waals surface area contributed by atoms with Crippen LogP contribution in [-0.4, -0.2) is 25.5 Å². The quantitative estimate of drug-likeness (QED) is 0.871. The van der Waals surface area contributed by atoms with Crippen molar-refractivity contribution in [1.82, 2.24) is 0 Å². The molecule has 0 fully saturated rings. The van der Waals surface area contributed by atoms with Crippen LogP contribution in [0.3, 0.4) is 0 Å². The highest BCUT2D eigenvalue weighted by atomic mass is 19.2. The summed E-state index contributed by atoms with van der Waals surface area (Å²) in [7, 11) is 1.52. The van der Waals surface area contributed by atoms with E-state index in [4.69, 9.17) is 4.74 Å². The molecule has 0 heterocycles. The van der Waals surface area contributed by atoms with Crippen LogP contribution in [0.25, 0.3) is 0 Å². The Balaban J connectivity index is 2.01. The Hall–Kier alpha value is -2.96. The number of amides is 2. The number of benzene rings is 2. The van der Waals surface area contributed by atoms with Gasteiger partial charge in [-0.3, -0.25) is 9.59 Å². The normalized spacial score (nSPS) is 10.2. The van der Waals surface area contributed by atoms with Crippen molar-refractivity contribution >= 4 is 23.2 Å². The second kappa shape index (κ2) is 8.23. The first-order valence-electron chi connectivity index (χ1n) is 7.57. The van der Waals surface area contributed by atoms with E-state index in [-0.39, 0.29) is 24.6 Å². The number of hydrogen-bond donors (Lipinski definition) is 1. The first kappa shape index (κ1) is 18.4. The van der Waals surface area contributed by atoms with E-state index in [0.29, 0.717) is 11.4 Å². The van der Waals surface area contributed by atoms with Crippen LogP contribution in [0.5, 0.6) is 5.75 Å². The molecule has 2 aromatic carbocycles. The van der Waals surface area contributed by atoms with Crippen molar-refractivity contribution in [2.75, 3.05) is 23.9 Å². The molecule has 132 valence electrons. The molecule has 7 heteroatoms. The van der Waals surface area contributed by atoms with Crippen molar-refractivity contribution in [2.45, 2.75) is 13.3 Å². The van der Waals surface area contributed by atoms with Gasteiger partial charge in [-0.1, -0.05) is 6.07 Å². The number of hydrogen-bond acceptors (Lipinski definition) is 3. The summed E-state index contributed by atoms with van der Waals surface area (Å²) in [5.41, 5.74) is 0.757. The van der Waals surface area contributed by atoms with Gasteiger partial charge in [-0.15, -0.1) is 0 Å². The van der Waals surface area contributed by atoms with Gasteiger partial charge in [-0.05, 0) is 24.3 Å². The SMILES string of the molecule is COc1cccc(N(CCC(=O)Nc2ccc(F)c(F)c2)C(C)=O)c1. The number of rotatable bonds is 6. The van der Waals surface area contributed by atoms with Crippen LogP contribution in [-0.2, 0) is 9.59 Å². The Labute approximate surface area is 144 Å². The second-order valence-electron chi connectivity index (χ2n) is 5.30. The summed E-state index contributed by atoms with van der Waals surface area (Å²) in [4.78, 5) is 25.3. The fraction of sp³-hybridized carbons (Fsp3) is 0.222. The molecule has 0 saturated heterocycles. The van der Waals surface area contributed by atoms with Crippen molar-refractivity contribution in [3.05, 3.63) is 54.1 Å². The molecular formula is C18H18F2N2O3. The van der Waals surface area contributed by atoms with E-state index in [2.05, 4.69) is 5.32 Å². The predicted octanol–water partition coefficient (Wildman–Crippen LogP) is 3.36. The van der Waals surface area contributed by atoms with Gasteiger partial charge in [0.05, 0.1) is 7.11 Å². The van der Waals surface area contributed by atoms with Crippen LogP contribution in [0.2, 0.25) is 0 Å². The number of ether oxygens (including phenoxy) is 1.